The molecule has 2 N–H and O–H groups in total. The van der Waals surface area contributed by atoms with Crippen LogP contribution in [0.3, 0.4) is 0 Å². The fraction of sp³-hybridized carbons (Fsp3) is 0.688. The zero-order valence-electron chi connectivity index (χ0n) is 13.6. The van der Waals surface area contributed by atoms with Crippen molar-refractivity contribution in [2.45, 2.75) is 37.3 Å². The Morgan fingerprint density at radius 3 is 2.96 bits per heavy atom. The summed E-state index contributed by atoms with van der Waals surface area (Å²) < 4.78 is 11.2. The fourth-order valence-corrected chi connectivity index (χ4v) is 4.05. The molecule has 0 bridgehead atoms. The number of methoxy groups -OCH3 is 1. The van der Waals surface area contributed by atoms with E-state index in [1.165, 1.54) is 12.0 Å². The van der Waals surface area contributed by atoms with Gasteiger partial charge >= 0.3 is 0 Å². The summed E-state index contributed by atoms with van der Waals surface area (Å²) in [6.07, 6.45) is 4.08. The van der Waals surface area contributed by atoms with Crippen molar-refractivity contribution in [1.82, 2.24) is 4.90 Å². The van der Waals surface area contributed by atoms with Crippen molar-refractivity contribution in [1.29, 1.82) is 0 Å². The van der Waals surface area contributed by atoms with Crippen LogP contribution in [0.5, 0.6) is 0 Å². The minimum absolute atomic E-state index is 0. The van der Waals surface area contributed by atoms with Crippen LogP contribution in [0.1, 0.15) is 37.3 Å². The summed E-state index contributed by atoms with van der Waals surface area (Å²) in [7, 11) is 1.76. The lowest BCUT2D eigenvalue weighted by molar-refractivity contribution is -0.0829. The van der Waals surface area contributed by atoms with Crippen LogP contribution in [0, 0.1) is 0 Å². The molecule has 0 saturated carbocycles. The summed E-state index contributed by atoms with van der Waals surface area (Å²) in [6.45, 7) is 3.08. The largest absolute Gasteiger partial charge is 0.381 e. The van der Waals surface area contributed by atoms with Crippen molar-refractivity contribution in [2.24, 2.45) is 10.7 Å². The van der Waals surface area contributed by atoms with E-state index in [1.807, 2.05) is 0 Å². The monoisotopic (exact) mass is 359 g/mol. The van der Waals surface area contributed by atoms with Crippen LogP contribution in [0.25, 0.3) is 0 Å². The number of guanidine groups is 1. The van der Waals surface area contributed by atoms with Crippen molar-refractivity contribution < 1.29 is 9.47 Å². The molecule has 3 heterocycles. The number of thiophene rings is 1. The quantitative estimate of drug-likeness (QED) is 0.663. The first-order chi connectivity index (χ1) is 10.7. The Kier molecular flexibility index (Phi) is 6.71. The zero-order valence-corrected chi connectivity index (χ0v) is 15.2. The van der Waals surface area contributed by atoms with E-state index in [0.717, 1.165) is 39.0 Å². The van der Waals surface area contributed by atoms with E-state index in [4.69, 9.17) is 15.2 Å². The Balaban J connectivity index is 0.00000192. The molecule has 0 spiro atoms. The molecule has 2 fully saturated rings. The summed E-state index contributed by atoms with van der Waals surface area (Å²) >= 11 is 1.74. The van der Waals surface area contributed by atoms with E-state index < -0.39 is 0 Å². The lowest BCUT2D eigenvalue weighted by Gasteiger charge is -2.35. The van der Waals surface area contributed by atoms with E-state index in [0.29, 0.717) is 18.5 Å². The van der Waals surface area contributed by atoms with Gasteiger partial charge in [-0.05, 0) is 35.2 Å². The Hall–Kier alpha value is -0.820. The minimum Gasteiger partial charge on any atom is -0.381 e. The maximum absolute atomic E-state index is 6.30. The van der Waals surface area contributed by atoms with Crippen molar-refractivity contribution in [3.05, 3.63) is 22.4 Å². The van der Waals surface area contributed by atoms with Gasteiger partial charge < -0.3 is 20.1 Å². The van der Waals surface area contributed by atoms with Gasteiger partial charge in [-0.3, -0.25) is 4.99 Å². The Bertz CT molecular complexity index is 503. The molecule has 0 amide bonds. The molecule has 23 heavy (non-hydrogen) atoms. The lowest BCUT2D eigenvalue weighted by atomic mass is 9.94. The lowest BCUT2D eigenvalue weighted by Crippen LogP contribution is -2.43. The summed E-state index contributed by atoms with van der Waals surface area (Å²) in [6, 6.07) is 2.57. The SMILES string of the molecule is COC1(CN=C(N)N2CCCC2c2ccsc2)CCOCC1.Cl. The summed E-state index contributed by atoms with van der Waals surface area (Å²) in [5.41, 5.74) is 7.45. The second-order valence-corrected chi connectivity index (χ2v) is 6.86. The number of halogens is 1. The third kappa shape index (κ3) is 4.18. The molecule has 130 valence electrons. The highest BCUT2D eigenvalue weighted by Crippen LogP contribution is 2.33. The molecule has 5 nitrogen and oxygen atoms in total. The summed E-state index contributed by atoms with van der Waals surface area (Å²) in [4.78, 5) is 6.92. The van der Waals surface area contributed by atoms with Gasteiger partial charge in [0.2, 0.25) is 0 Å². The second-order valence-electron chi connectivity index (χ2n) is 6.08. The number of nitrogens with zero attached hydrogens (tertiary/aromatic N) is 2. The molecule has 7 heteroatoms. The maximum atomic E-state index is 6.30. The van der Waals surface area contributed by atoms with Crippen LogP contribution in [-0.2, 0) is 9.47 Å². The molecule has 1 aromatic heterocycles. The topological polar surface area (TPSA) is 60.1 Å². The zero-order chi connectivity index (χ0) is 15.4. The average Bonchev–Trinajstić information content (AvgIpc) is 3.24. The molecule has 1 aromatic rings. The Morgan fingerprint density at radius 1 is 1.52 bits per heavy atom. The van der Waals surface area contributed by atoms with E-state index in [-0.39, 0.29) is 18.0 Å². The van der Waals surface area contributed by atoms with Gasteiger partial charge in [0.25, 0.3) is 0 Å². The predicted octanol–water partition coefficient (Wildman–Crippen LogP) is 2.82. The highest BCUT2D eigenvalue weighted by atomic mass is 35.5. The van der Waals surface area contributed by atoms with Gasteiger partial charge in [-0.1, -0.05) is 0 Å². The number of rotatable bonds is 4. The number of ether oxygens (including phenoxy) is 2. The Labute approximate surface area is 148 Å². The molecule has 2 aliphatic rings. The van der Waals surface area contributed by atoms with Crippen molar-refractivity contribution in [3.8, 4) is 0 Å². The standard InChI is InChI=1S/C16H25N3O2S.ClH/c1-20-16(5-8-21-9-6-16)12-18-15(17)19-7-2-3-14(19)13-4-10-22-11-13;/h4,10-11,14H,2-3,5-9,12H2,1H3,(H2,17,18);1H. The van der Waals surface area contributed by atoms with Crippen LogP contribution < -0.4 is 5.73 Å². The minimum atomic E-state index is -0.208. The third-order valence-electron chi connectivity index (χ3n) is 4.84. The van der Waals surface area contributed by atoms with Crippen molar-refractivity contribution in [3.63, 3.8) is 0 Å². The molecule has 0 aliphatic carbocycles. The van der Waals surface area contributed by atoms with Gasteiger partial charge in [-0.25, -0.2) is 0 Å². The number of hydrogen-bond donors (Lipinski definition) is 1. The molecule has 0 radical (unpaired) electrons. The third-order valence-corrected chi connectivity index (χ3v) is 5.54. The highest BCUT2D eigenvalue weighted by molar-refractivity contribution is 7.07. The summed E-state index contributed by atoms with van der Waals surface area (Å²) in [5.74, 6) is 0.650. The first kappa shape index (κ1) is 18.5. The molecular weight excluding hydrogens is 334 g/mol. The van der Waals surface area contributed by atoms with Gasteiger partial charge in [0.05, 0.1) is 18.2 Å². The smallest absolute Gasteiger partial charge is 0.191 e. The molecule has 0 aromatic carbocycles. The molecule has 1 atom stereocenters. The van der Waals surface area contributed by atoms with E-state index in [1.54, 1.807) is 18.4 Å². The van der Waals surface area contributed by atoms with Gasteiger partial charge in [0.15, 0.2) is 5.96 Å². The first-order valence-electron chi connectivity index (χ1n) is 7.96. The van der Waals surface area contributed by atoms with Gasteiger partial charge in [-0.2, -0.15) is 11.3 Å². The van der Waals surface area contributed by atoms with Crippen molar-refractivity contribution >= 4 is 29.7 Å². The van der Waals surface area contributed by atoms with Crippen LogP contribution in [-0.4, -0.2) is 49.9 Å². The average molecular weight is 360 g/mol. The predicted molar refractivity (Wildman–Crippen MR) is 96.5 cm³/mol. The van der Waals surface area contributed by atoms with E-state index in [2.05, 4.69) is 26.7 Å². The molecule has 2 aliphatic heterocycles. The highest BCUT2D eigenvalue weighted by Gasteiger charge is 2.33. The van der Waals surface area contributed by atoms with Gasteiger partial charge in [0, 0.05) is 39.7 Å². The molecule has 1 unspecified atom stereocenters. The maximum Gasteiger partial charge on any atom is 0.191 e. The molecular formula is C16H26ClN3O2S. The number of hydrogen-bond acceptors (Lipinski definition) is 4. The first-order valence-corrected chi connectivity index (χ1v) is 8.90. The van der Waals surface area contributed by atoms with Crippen LogP contribution in [0.4, 0.5) is 0 Å². The molecule has 3 rings (SSSR count). The number of aliphatic imine (C=N–C) groups is 1. The number of likely N-dealkylation sites (tertiary alicyclic amines) is 1. The van der Waals surface area contributed by atoms with E-state index in [9.17, 15) is 0 Å². The molecule has 2 saturated heterocycles. The Morgan fingerprint density at radius 2 is 2.30 bits per heavy atom. The van der Waals surface area contributed by atoms with E-state index >= 15 is 0 Å². The second kappa shape index (κ2) is 8.33. The van der Waals surface area contributed by atoms with Crippen LogP contribution in [0.2, 0.25) is 0 Å². The van der Waals surface area contributed by atoms with Crippen LogP contribution in [0.15, 0.2) is 21.8 Å². The van der Waals surface area contributed by atoms with Crippen molar-refractivity contribution in [2.75, 3.05) is 33.4 Å². The number of nitrogens with two attached hydrogens (primary N) is 1. The van der Waals surface area contributed by atoms with Gasteiger partial charge in [0.1, 0.15) is 0 Å². The van der Waals surface area contributed by atoms with Gasteiger partial charge in [-0.15, -0.1) is 12.4 Å². The summed E-state index contributed by atoms with van der Waals surface area (Å²) in [5, 5.41) is 4.34. The normalized spacial score (nSPS) is 24.5. The van der Waals surface area contributed by atoms with Crippen LogP contribution >= 0.6 is 23.7 Å². The fourth-order valence-electron chi connectivity index (χ4n) is 3.34.